The number of benzene rings is 1. The van der Waals surface area contributed by atoms with Crippen LogP contribution in [-0.4, -0.2) is 15.6 Å². The van der Waals surface area contributed by atoms with E-state index >= 15 is 0 Å². The number of hydrogen-bond donors (Lipinski definition) is 0. The molecule has 0 aliphatic carbocycles. The van der Waals surface area contributed by atoms with Gasteiger partial charge in [0.15, 0.2) is 5.78 Å². The zero-order valence-electron chi connectivity index (χ0n) is 8.94. The van der Waals surface area contributed by atoms with Crippen molar-refractivity contribution in [1.82, 2.24) is 9.78 Å². The Labute approximate surface area is 106 Å². The highest BCUT2D eigenvalue weighted by Gasteiger charge is 2.08. The van der Waals surface area contributed by atoms with Gasteiger partial charge in [0.25, 0.3) is 0 Å². The highest BCUT2D eigenvalue weighted by molar-refractivity contribution is 9.10. The Morgan fingerprint density at radius 1 is 1.41 bits per heavy atom. The maximum atomic E-state index is 13.3. The first kappa shape index (κ1) is 12.0. The van der Waals surface area contributed by atoms with Crippen LogP contribution in [0.4, 0.5) is 4.39 Å². The van der Waals surface area contributed by atoms with Gasteiger partial charge in [-0.3, -0.25) is 9.48 Å². The van der Waals surface area contributed by atoms with Crippen molar-refractivity contribution in [2.45, 2.75) is 13.0 Å². The topological polar surface area (TPSA) is 34.9 Å². The second kappa shape index (κ2) is 5.23. The van der Waals surface area contributed by atoms with Crippen molar-refractivity contribution >= 4 is 21.7 Å². The molecular weight excluding hydrogens is 287 g/mol. The van der Waals surface area contributed by atoms with E-state index in [1.54, 1.807) is 30.6 Å². The molecule has 0 N–H and O–H groups in total. The molecule has 3 nitrogen and oxygen atoms in total. The Hall–Kier alpha value is -1.49. The van der Waals surface area contributed by atoms with Gasteiger partial charge in [0, 0.05) is 12.6 Å². The first-order chi connectivity index (χ1) is 8.15. The van der Waals surface area contributed by atoms with Crippen LogP contribution < -0.4 is 0 Å². The first-order valence-corrected chi connectivity index (χ1v) is 5.87. The molecule has 0 unspecified atom stereocenters. The molecule has 0 atom stereocenters. The fourth-order valence-corrected chi connectivity index (χ4v) is 1.84. The van der Waals surface area contributed by atoms with Crippen molar-refractivity contribution in [3.63, 3.8) is 0 Å². The Morgan fingerprint density at radius 3 is 2.82 bits per heavy atom. The van der Waals surface area contributed by atoms with Crippen LogP contribution in [0.3, 0.4) is 0 Å². The molecule has 0 bridgehead atoms. The molecule has 1 aromatic carbocycles. The molecule has 0 saturated heterocycles. The summed E-state index contributed by atoms with van der Waals surface area (Å²) in [6.07, 6.45) is 3.40. The van der Waals surface area contributed by atoms with Crippen LogP contribution in [0.1, 0.15) is 5.56 Å². The highest BCUT2D eigenvalue weighted by Crippen LogP contribution is 2.09. The molecule has 0 fully saturated rings. The third kappa shape index (κ3) is 3.23. The predicted molar refractivity (Wildman–Crippen MR) is 65.0 cm³/mol. The second-order valence-corrected chi connectivity index (χ2v) is 4.58. The molecule has 88 valence electrons. The number of ketones is 1. The van der Waals surface area contributed by atoms with Crippen LogP contribution in [0.2, 0.25) is 0 Å². The fraction of sp³-hybridized carbons (Fsp3) is 0.167. The van der Waals surface area contributed by atoms with E-state index in [0.717, 1.165) is 4.47 Å². The van der Waals surface area contributed by atoms with Gasteiger partial charge >= 0.3 is 0 Å². The minimum atomic E-state index is -0.345. The number of nitrogens with zero attached hydrogens (tertiary/aromatic N) is 2. The van der Waals surface area contributed by atoms with E-state index in [-0.39, 0.29) is 24.6 Å². The monoisotopic (exact) mass is 296 g/mol. The lowest BCUT2D eigenvalue weighted by atomic mass is 10.1. The molecule has 0 spiro atoms. The largest absolute Gasteiger partial charge is 0.297 e. The maximum Gasteiger partial charge on any atom is 0.158 e. The summed E-state index contributed by atoms with van der Waals surface area (Å²) in [4.78, 5) is 11.7. The van der Waals surface area contributed by atoms with E-state index in [1.807, 2.05) is 0 Å². The van der Waals surface area contributed by atoms with Gasteiger partial charge in [0.1, 0.15) is 5.82 Å². The van der Waals surface area contributed by atoms with Gasteiger partial charge in [-0.15, -0.1) is 0 Å². The molecule has 0 amide bonds. The van der Waals surface area contributed by atoms with Crippen LogP contribution in [0.15, 0.2) is 41.1 Å². The molecule has 0 aliphatic rings. The van der Waals surface area contributed by atoms with Gasteiger partial charge in [-0.25, -0.2) is 4.39 Å². The molecule has 2 rings (SSSR count). The molecule has 1 heterocycles. The van der Waals surface area contributed by atoms with Gasteiger partial charge in [-0.1, -0.05) is 18.2 Å². The standard InChI is InChI=1S/C12H10BrFN2O/c13-10-6-15-16(7-10)8-11(17)5-9-3-1-2-4-12(9)14/h1-4,6-7H,5,8H2. The van der Waals surface area contributed by atoms with Crippen molar-refractivity contribution in [3.05, 3.63) is 52.5 Å². The maximum absolute atomic E-state index is 13.3. The van der Waals surface area contributed by atoms with Crippen LogP contribution in [-0.2, 0) is 17.8 Å². The number of aromatic nitrogens is 2. The smallest absolute Gasteiger partial charge is 0.158 e. The molecule has 2 aromatic rings. The van der Waals surface area contributed by atoms with Crippen LogP contribution in [0.25, 0.3) is 0 Å². The lowest BCUT2D eigenvalue weighted by Gasteiger charge is -2.02. The third-order valence-electron chi connectivity index (χ3n) is 2.29. The average molecular weight is 297 g/mol. The number of Topliss-reactive ketones (excluding diaryl/α,β-unsaturated/α-hetero) is 1. The van der Waals surface area contributed by atoms with Crippen LogP contribution in [0.5, 0.6) is 0 Å². The summed E-state index contributed by atoms with van der Waals surface area (Å²) >= 11 is 3.25. The Kier molecular flexibility index (Phi) is 3.68. The van der Waals surface area contributed by atoms with Crippen molar-refractivity contribution in [1.29, 1.82) is 0 Å². The van der Waals surface area contributed by atoms with E-state index < -0.39 is 0 Å². The van der Waals surface area contributed by atoms with Crippen LogP contribution >= 0.6 is 15.9 Å². The predicted octanol–water partition coefficient (Wildman–Crippen LogP) is 2.60. The van der Waals surface area contributed by atoms with Gasteiger partial charge in [-0.2, -0.15) is 5.10 Å². The number of hydrogen-bond acceptors (Lipinski definition) is 2. The number of carbonyl (C=O) groups is 1. The Bertz CT molecular complexity index is 539. The Morgan fingerprint density at radius 2 is 2.18 bits per heavy atom. The lowest BCUT2D eigenvalue weighted by molar-refractivity contribution is -0.119. The van der Waals surface area contributed by atoms with Crippen molar-refractivity contribution in [3.8, 4) is 0 Å². The summed E-state index contributed by atoms with van der Waals surface area (Å²) < 4.78 is 15.6. The number of rotatable bonds is 4. The van der Waals surface area contributed by atoms with Crippen molar-refractivity contribution in [2.24, 2.45) is 0 Å². The summed E-state index contributed by atoms with van der Waals surface area (Å²) in [5, 5.41) is 3.98. The van der Waals surface area contributed by atoms with Crippen molar-refractivity contribution < 1.29 is 9.18 Å². The summed E-state index contributed by atoms with van der Waals surface area (Å²) in [7, 11) is 0. The molecule has 0 saturated carbocycles. The van der Waals surface area contributed by atoms with Gasteiger partial charge in [0.2, 0.25) is 0 Å². The molecule has 1 aromatic heterocycles. The minimum Gasteiger partial charge on any atom is -0.297 e. The first-order valence-electron chi connectivity index (χ1n) is 5.08. The fourth-order valence-electron chi connectivity index (χ4n) is 1.52. The third-order valence-corrected chi connectivity index (χ3v) is 2.70. The molecule has 0 aliphatic heterocycles. The average Bonchev–Trinajstić information content (AvgIpc) is 2.67. The summed E-state index contributed by atoms with van der Waals surface area (Å²) in [5.74, 6) is -0.423. The Balaban J connectivity index is 2.01. The summed E-state index contributed by atoms with van der Waals surface area (Å²) in [6.45, 7) is 0.153. The summed E-state index contributed by atoms with van der Waals surface area (Å²) in [6, 6.07) is 6.30. The van der Waals surface area contributed by atoms with Crippen molar-refractivity contribution in [2.75, 3.05) is 0 Å². The van der Waals surface area contributed by atoms with E-state index in [9.17, 15) is 9.18 Å². The summed E-state index contributed by atoms with van der Waals surface area (Å²) in [5.41, 5.74) is 0.420. The quantitative estimate of drug-likeness (QED) is 0.869. The molecule has 17 heavy (non-hydrogen) atoms. The van der Waals surface area contributed by atoms with E-state index in [4.69, 9.17) is 0 Å². The SMILES string of the molecule is O=C(Cc1ccccc1F)Cn1cc(Br)cn1. The molecule has 5 heteroatoms. The number of halogens is 2. The van der Waals surface area contributed by atoms with E-state index in [2.05, 4.69) is 21.0 Å². The minimum absolute atomic E-state index is 0.0781. The normalized spacial score (nSPS) is 10.5. The van der Waals surface area contributed by atoms with Gasteiger partial charge in [-0.05, 0) is 27.6 Å². The highest BCUT2D eigenvalue weighted by atomic mass is 79.9. The van der Waals surface area contributed by atoms with E-state index in [0.29, 0.717) is 5.56 Å². The van der Waals surface area contributed by atoms with Gasteiger partial charge < -0.3 is 0 Å². The zero-order chi connectivity index (χ0) is 12.3. The van der Waals surface area contributed by atoms with Gasteiger partial charge in [0.05, 0.1) is 17.2 Å². The molecule has 0 radical (unpaired) electrons. The van der Waals surface area contributed by atoms with Crippen LogP contribution in [0, 0.1) is 5.82 Å². The zero-order valence-corrected chi connectivity index (χ0v) is 10.5. The number of carbonyl (C=O) groups excluding carboxylic acids is 1. The van der Waals surface area contributed by atoms with E-state index in [1.165, 1.54) is 10.7 Å². The lowest BCUT2D eigenvalue weighted by Crippen LogP contribution is -2.13. The second-order valence-electron chi connectivity index (χ2n) is 3.66. The molecular formula is C12H10BrFN2O.